The van der Waals surface area contributed by atoms with Gasteiger partial charge >= 0.3 is 0 Å². The molecule has 1 aromatic carbocycles. The summed E-state index contributed by atoms with van der Waals surface area (Å²) in [6.07, 6.45) is 2.54. The minimum atomic E-state index is -0.0799. The van der Waals surface area contributed by atoms with E-state index in [-0.39, 0.29) is 17.9 Å². The molecule has 2 fully saturated rings. The summed E-state index contributed by atoms with van der Waals surface area (Å²) < 4.78 is 5.54. The Hall–Kier alpha value is -2.41. The van der Waals surface area contributed by atoms with Gasteiger partial charge in [-0.2, -0.15) is 5.10 Å². The van der Waals surface area contributed by atoms with Crippen molar-refractivity contribution in [1.82, 2.24) is 20.0 Å². The van der Waals surface area contributed by atoms with Crippen molar-refractivity contribution in [3.63, 3.8) is 0 Å². The minimum absolute atomic E-state index is 0.0718. The Balaban J connectivity index is 1.36. The largest absolute Gasteiger partial charge is 0.378 e. The van der Waals surface area contributed by atoms with Crippen LogP contribution in [0.3, 0.4) is 0 Å². The topological polar surface area (TPSA) is 78.5 Å². The summed E-state index contributed by atoms with van der Waals surface area (Å²) in [6.45, 7) is 2.98. The number of H-pyrrole nitrogens is 1. The number of carbonyl (C=O) groups is 2. The van der Waals surface area contributed by atoms with Crippen LogP contribution in [0.5, 0.6) is 0 Å². The lowest BCUT2D eigenvalue weighted by Gasteiger charge is -2.34. The molecule has 1 aromatic heterocycles. The van der Waals surface area contributed by atoms with Crippen molar-refractivity contribution in [3.8, 4) is 0 Å². The van der Waals surface area contributed by atoms with Crippen LogP contribution in [0, 0.1) is 0 Å². The van der Waals surface area contributed by atoms with Gasteiger partial charge in [0.2, 0.25) is 5.91 Å². The summed E-state index contributed by atoms with van der Waals surface area (Å²) in [7, 11) is 0. The van der Waals surface area contributed by atoms with Crippen LogP contribution in [0.25, 0.3) is 10.9 Å². The third-order valence-electron chi connectivity index (χ3n) is 5.02. The number of amides is 2. The van der Waals surface area contributed by atoms with E-state index in [4.69, 9.17) is 4.74 Å². The number of fused-ring (bicyclic) bond motifs is 1. The van der Waals surface area contributed by atoms with Crippen LogP contribution in [0.1, 0.15) is 29.8 Å². The third-order valence-corrected chi connectivity index (χ3v) is 5.02. The molecule has 0 saturated carbocycles. The normalized spacial score (nSPS) is 21.0. The van der Waals surface area contributed by atoms with Gasteiger partial charge in [0, 0.05) is 38.2 Å². The first-order valence-corrected chi connectivity index (χ1v) is 8.84. The molecule has 2 aromatic rings. The summed E-state index contributed by atoms with van der Waals surface area (Å²) in [5, 5.41) is 7.92. The molecule has 2 amide bonds. The van der Waals surface area contributed by atoms with E-state index in [1.807, 2.05) is 29.2 Å². The van der Waals surface area contributed by atoms with Crippen molar-refractivity contribution in [1.29, 1.82) is 0 Å². The maximum atomic E-state index is 12.8. The predicted molar refractivity (Wildman–Crippen MR) is 92.2 cm³/mol. The van der Waals surface area contributed by atoms with Gasteiger partial charge in [-0.3, -0.25) is 14.7 Å². The van der Waals surface area contributed by atoms with Gasteiger partial charge in [0.15, 0.2) is 5.69 Å². The first kappa shape index (κ1) is 16.1. The maximum Gasteiger partial charge on any atom is 0.275 e. The van der Waals surface area contributed by atoms with Crippen molar-refractivity contribution < 1.29 is 14.3 Å². The van der Waals surface area contributed by atoms with Crippen LogP contribution >= 0.6 is 0 Å². The molecular formula is C18H22N4O3. The zero-order chi connectivity index (χ0) is 17.2. The molecule has 0 radical (unpaired) electrons. The highest BCUT2D eigenvalue weighted by atomic mass is 16.5. The molecule has 2 aliphatic rings. The second kappa shape index (κ2) is 6.84. The van der Waals surface area contributed by atoms with Gasteiger partial charge in [-0.25, -0.2) is 0 Å². The molecule has 7 heteroatoms. The van der Waals surface area contributed by atoms with E-state index in [9.17, 15) is 9.59 Å². The maximum absolute atomic E-state index is 12.8. The summed E-state index contributed by atoms with van der Waals surface area (Å²) in [4.78, 5) is 28.7. The predicted octanol–water partition coefficient (Wildman–Crippen LogP) is 1.42. The van der Waals surface area contributed by atoms with Crippen molar-refractivity contribution in [2.24, 2.45) is 0 Å². The Kier molecular flexibility index (Phi) is 4.40. The van der Waals surface area contributed by atoms with Gasteiger partial charge in [0.05, 0.1) is 18.0 Å². The van der Waals surface area contributed by atoms with E-state index in [1.54, 1.807) is 4.90 Å². The van der Waals surface area contributed by atoms with Crippen molar-refractivity contribution in [2.45, 2.75) is 25.4 Å². The molecule has 2 saturated heterocycles. The van der Waals surface area contributed by atoms with E-state index >= 15 is 0 Å². The van der Waals surface area contributed by atoms with Gasteiger partial charge in [0.25, 0.3) is 5.91 Å². The molecule has 0 bridgehead atoms. The first-order chi connectivity index (χ1) is 12.2. The number of hydrogen-bond acceptors (Lipinski definition) is 4. The Labute approximate surface area is 145 Å². The lowest BCUT2D eigenvalue weighted by Crippen LogP contribution is -2.51. The molecule has 0 spiro atoms. The van der Waals surface area contributed by atoms with E-state index < -0.39 is 0 Å². The number of nitrogens with one attached hydrogen (secondary N) is 1. The van der Waals surface area contributed by atoms with E-state index in [2.05, 4.69) is 10.2 Å². The number of aromatic amines is 1. The lowest BCUT2D eigenvalue weighted by molar-refractivity contribution is -0.134. The van der Waals surface area contributed by atoms with Gasteiger partial charge < -0.3 is 14.5 Å². The van der Waals surface area contributed by atoms with Crippen molar-refractivity contribution >= 4 is 22.7 Å². The third kappa shape index (κ3) is 3.24. The lowest BCUT2D eigenvalue weighted by atomic mass is 10.1. The second-order valence-corrected chi connectivity index (χ2v) is 6.63. The van der Waals surface area contributed by atoms with Crippen molar-refractivity contribution in [3.05, 3.63) is 30.0 Å². The van der Waals surface area contributed by atoms with E-state index in [1.165, 1.54) is 0 Å². The quantitative estimate of drug-likeness (QED) is 0.915. The minimum Gasteiger partial charge on any atom is -0.378 e. The number of benzene rings is 1. The number of nitrogens with zero attached hydrogens (tertiary/aromatic N) is 3. The average molecular weight is 342 g/mol. The highest BCUT2D eigenvalue weighted by Crippen LogP contribution is 2.19. The number of ether oxygens (including phenoxy) is 1. The number of rotatable bonds is 3. The number of piperazine rings is 1. The molecule has 132 valence electrons. The van der Waals surface area contributed by atoms with Gasteiger partial charge in [-0.05, 0) is 18.9 Å². The van der Waals surface area contributed by atoms with Crippen LogP contribution in [0.2, 0.25) is 0 Å². The van der Waals surface area contributed by atoms with Gasteiger partial charge in [-0.1, -0.05) is 18.2 Å². The first-order valence-electron chi connectivity index (χ1n) is 8.84. The van der Waals surface area contributed by atoms with E-state index in [0.717, 1.165) is 30.4 Å². The van der Waals surface area contributed by atoms with Crippen molar-refractivity contribution in [2.75, 3.05) is 32.8 Å². The van der Waals surface area contributed by atoms with Crippen LogP contribution < -0.4 is 0 Å². The van der Waals surface area contributed by atoms with Crippen LogP contribution in [0.15, 0.2) is 24.3 Å². The standard InChI is InChI=1S/C18H22N4O3/c23-16(12-13-4-3-11-25-13)21-7-9-22(10-8-21)18(24)17-14-5-1-2-6-15(14)19-20-17/h1-2,5-6,13H,3-4,7-12H2,(H,19,20). The van der Waals surface area contributed by atoms with Crippen LogP contribution in [-0.4, -0.2) is 70.7 Å². The molecule has 1 atom stereocenters. The van der Waals surface area contributed by atoms with Gasteiger partial charge in [0.1, 0.15) is 0 Å². The Morgan fingerprint density at radius 1 is 1.16 bits per heavy atom. The Morgan fingerprint density at radius 2 is 1.92 bits per heavy atom. The zero-order valence-electron chi connectivity index (χ0n) is 14.1. The summed E-state index contributed by atoms with van der Waals surface area (Å²) in [5.74, 6) is 0.0490. The number of carbonyl (C=O) groups excluding carboxylic acids is 2. The fourth-order valence-electron chi connectivity index (χ4n) is 3.56. The fourth-order valence-corrected chi connectivity index (χ4v) is 3.56. The molecule has 25 heavy (non-hydrogen) atoms. The molecule has 3 heterocycles. The Morgan fingerprint density at radius 3 is 2.68 bits per heavy atom. The summed E-state index contributed by atoms with van der Waals surface area (Å²) in [6, 6.07) is 7.61. The highest BCUT2D eigenvalue weighted by Gasteiger charge is 2.28. The summed E-state index contributed by atoms with van der Waals surface area (Å²) >= 11 is 0. The fraction of sp³-hybridized carbons (Fsp3) is 0.500. The van der Waals surface area contributed by atoms with Gasteiger partial charge in [-0.15, -0.1) is 0 Å². The van der Waals surface area contributed by atoms with Crippen LogP contribution in [0.4, 0.5) is 0 Å². The van der Waals surface area contributed by atoms with Crippen LogP contribution in [-0.2, 0) is 9.53 Å². The molecular weight excluding hydrogens is 320 g/mol. The SMILES string of the molecule is O=C(CC1CCCO1)N1CCN(C(=O)c2n[nH]c3ccccc23)CC1. The molecule has 4 rings (SSSR count). The zero-order valence-corrected chi connectivity index (χ0v) is 14.1. The average Bonchev–Trinajstić information content (AvgIpc) is 3.31. The molecule has 2 aliphatic heterocycles. The number of hydrogen-bond donors (Lipinski definition) is 1. The number of para-hydroxylation sites is 1. The Bertz CT molecular complexity index is 773. The number of aromatic nitrogens is 2. The molecule has 7 nitrogen and oxygen atoms in total. The molecule has 1 unspecified atom stereocenters. The molecule has 1 N–H and O–H groups in total. The highest BCUT2D eigenvalue weighted by molar-refractivity contribution is 6.04. The second-order valence-electron chi connectivity index (χ2n) is 6.63. The van der Waals surface area contributed by atoms with E-state index in [0.29, 0.717) is 38.3 Å². The molecule has 0 aliphatic carbocycles. The smallest absolute Gasteiger partial charge is 0.275 e. The monoisotopic (exact) mass is 342 g/mol. The summed E-state index contributed by atoms with van der Waals surface area (Å²) in [5.41, 5.74) is 1.31.